The van der Waals surface area contributed by atoms with E-state index >= 15 is 0 Å². The van der Waals surface area contributed by atoms with Crippen LogP contribution in [-0.4, -0.2) is 42.3 Å². The molecule has 1 aliphatic rings. The molecule has 1 atom stereocenters. The summed E-state index contributed by atoms with van der Waals surface area (Å²) in [4.78, 5) is 13.3. The summed E-state index contributed by atoms with van der Waals surface area (Å²) in [6, 6.07) is 6.34. The van der Waals surface area contributed by atoms with Crippen LogP contribution >= 0.6 is 11.6 Å². The number of halogens is 1. The molecule has 1 aromatic rings. The molecular weight excluding hydrogens is 242 g/mol. The van der Waals surface area contributed by atoms with E-state index in [0.717, 1.165) is 5.56 Å². The Kier molecular flexibility index (Phi) is 3.99. The van der Waals surface area contributed by atoms with E-state index in [-0.39, 0.29) is 0 Å². The van der Waals surface area contributed by atoms with Crippen molar-refractivity contribution in [2.75, 3.05) is 26.3 Å². The Labute approximate surface area is 105 Å². The van der Waals surface area contributed by atoms with Gasteiger partial charge in [0.05, 0.1) is 13.2 Å². The molecule has 1 unspecified atom stereocenters. The van der Waals surface area contributed by atoms with Gasteiger partial charge in [-0.25, -0.2) is 0 Å². The van der Waals surface area contributed by atoms with Crippen LogP contribution in [0.1, 0.15) is 11.6 Å². The number of carboxylic acids is 1. The summed E-state index contributed by atoms with van der Waals surface area (Å²) in [5.74, 6) is -0.839. The molecule has 1 aliphatic heterocycles. The van der Waals surface area contributed by atoms with E-state index in [0.29, 0.717) is 31.3 Å². The van der Waals surface area contributed by atoms with Gasteiger partial charge < -0.3 is 9.84 Å². The Morgan fingerprint density at radius 2 is 1.88 bits per heavy atom. The van der Waals surface area contributed by atoms with E-state index in [1.807, 2.05) is 4.90 Å². The highest BCUT2D eigenvalue weighted by Gasteiger charge is 2.28. The highest BCUT2D eigenvalue weighted by atomic mass is 35.5. The van der Waals surface area contributed by atoms with E-state index in [9.17, 15) is 9.90 Å². The Morgan fingerprint density at radius 1 is 1.29 bits per heavy atom. The van der Waals surface area contributed by atoms with Gasteiger partial charge in [-0.3, -0.25) is 9.69 Å². The fraction of sp³-hybridized carbons (Fsp3) is 0.417. The zero-order chi connectivity index (χ0) is 12.3. The molecule has 1 aromatic carbocycles. The van der Waals surface area contributed by atoms with E-state index in [1.165, 1.54) is 0 Å². The van der Waals surface area contributed by atoms with E-state index in [2.05, 4.69) is 0 Å². The predicted octanol–water partition coefficient (Wildman–Crippen LogP) is 1.80. The van der Waals surface area contributed by atoms with Crippen LogP contribution in [0.4, 0.5) is 0 Å². The molecule has 0 aliphatic carbocycles. The van der Waals surface area contributed by atoms with Crippen LogP contribution in [0.25, 0.3) is 0 Å². The number of hydrogen-bond acceptors (Lipinski definition) is 3. The van der Waals surface area contributed by atoms with Gasteiger partial charge >= 0.3 is 5.97 Å². The second-order valence-electron chi connectivity index (χ2n) is 3.94. The number of aliphatic carboxylic acids is 1. The Morgan fingerprint density at radius 3 is 2.41 bits per heavy atom. The highest BCUT2D eigenvalue weighted by Crippen LogP contribution is 2.23. The number of benzene rings is 1. The summed E-state index contributed by atoms with van der Waals surface area (Å²) in [6.07, 6.45) is 0. The molecule has 0 amide bonds. The van der Waals surface area contributed by atoms with Crippen molar-refractivity contribution in [3.63, 3.8) is 0 Å². The summed E-state index contributed by atoms with van der Waals surface area (Å²) >= 11 is 5.80. The smallest absolute Gasteiger partial charge is 0.325 e. The third-order valence-corrected chi connectivity index (χ3v) is 3.08. The second-order valence-corrected chi connectivity index (χ2v) is 4.38. The van der Waals surface area contributed by atoms with Gasteiger partial charge in [0, 0.05) is 18.1 Å². The standard InChI is InChI=1S/C12H14ClNO3/c13-10-3-1-9(2-4-10)11(12(15)16)14-5-7-17-8-6-14/h1-4,11H,5-8H2,(H,15,16). The molecule has 5 heteroatoms. The van der Waals surface area contributed by atoms with Crippen molar-refractivity contribution in [1.29, 1.82) is 0 Å². The van der Waals surface area contributed by atoms with Crippen LogP contribution < -0.4 is 0 Å². The summed E-state index contributed by atoms with van der Waals surface area (Å²) < 4.78 is 5.23. The average Bonchev–Trinajstić information content (AvgIpc) is 2.33. The van der Waals surface area contributed by atoms with E-state index in [4.69, 9.17) is 16.3 Å². The molecule has 0 radical (unpaired) electrons. The van der Waals surface area contributed by atoms with Crippen LogP contribution in [0.3, 0.4) is 0 Å². The number of hydrogen-bond donors (Lipinski definition) is 1. The maximum Gasteiger partial charge on any atom is 0.325 e. The SMILES string of the molecule is O=C(O)C(c1ccc(Cl)cc1)N1CCOCC1. The minimum atomic E-state index is -0.839. The predicted molar refractivity (Wildman–Crippen MR) is 64.2 cm³/mol. The van der Waals surface area contributed by atoms with Gasteiger partial charge in [0.25, 0.3) is 0 Å². The number of morpholine rings is 1. The quantitative estimate of drug-likeness (QED) is 0.895. The van der Waals surface area contributed by atoms with Gasteiger partial charge in [-0.2, -0.15) is 0 Å². The molecule has 2 rings (SSSR count). The molecule has 1 saturated heterocycles. The molecule has 17 heavy (non-hydrogen) atoms. The van der Waals surface area contributed by atoms with Crippen molar-refractivity contribution in [2.45, 2.75) is 6.04 Å². The molecule has 0 saturated carbocycles. The van der Waals surface area contributed by atoms with Crippen LogP contribution in [0.15, 0.2) is 24.3 Å². The summed E-state index contributed by atoms with van der Waals surface area (Å²) in [5, 5.41) is 9.94. The Hall–Kier alpha value is -1.10. The van der Waals surface area contributed by atoms with Crippen molar-refractivity contribution in [3.8, 4) is 0 Å². The van der Waals surface area contributed by atoms with Crippen LogP contribution in [0.2, 0.25) is 5.02 Å². The number of rotatable bonds is 3. The number of nitrogens with zero attached hydrogens (tertiary/aromatic N) is 1. The fourth-order valence-corrected chi connectivity index (χ4v) is 2.12. The lowest BCUT2D eigenvalue weighted by Crippen LogP contribution is -2.42. The van der Waals surface area contributed by atoms with Crippen molar-refractivity contribution in [1.82, 2.24) is 4.90 Å². The average molecular weight is 256 g/mol. The van der Waals surface area contributed by atoms with Gasteiger partial charge in [0.1, 0.15) is 6.04 Å². The zero-order valence-electron chi connectivity index (χ0n) is 9.30. The first-order valence-electron chi connectivity index (χ1n) is 5.48. The van der Waals surface area contributed by atoms with Gasteiger partial charge in [0.2, 0.25) is 0 Å². The van der Waals surface area contributed by atoms with E-state index < -0.39 is 12.0 Å². The normalized spacial score (nSPS) is 18.9. The van der Waals surface area contributed by atoms with Crippen molar-refractivity contribution < 1.29 is 14.6 Å². The highest BCUT2D eigenvalue weighted by molar-refractivity contribution is 6.30. The lowest BCUT2D eigenvalue weighted by Gasteiger charge is -2.32. The topological polar surface area (TPSA) is 49.8 Å². The monoisotopic (exact) mass is 255 g/mol. The van der Waals surface area contributed by atoms with Crippen LogP contribution in [0, 0.1) is 0 Å². The third-order valence-electron chi connectivity index (χ3n) is 2.83. The minimum absolute atomic E-state index is 0.581. The number of carbonyl (C=O) groups is 1. The summed E-state index contributed by atoms with van der Waals surface area (Å²) in [6.45, 7) is 2.44. The first-order chi connectivity index (χ1) is 8.18. The maximum absolute atomic E-state index is 11.4. The third kappa shape index (κ3) is 2.97. The molecule has 0 aromatic heterocycles. The molecule has 1 fully saturated rings. The Bertz CT molecular complexity index is 387. The van der Waals surface area contributed by atoms with Crippen LogP contribution in [0.5, 0.6) is 0 Å². The molecule has 1 heterocycles. The van der Waals surface area contributed by atoms with Gasteiger partial charge in [-0.15, -0.1) is 0 Å². The van der Waals surface area contributed by atoms with Crippen molar-refractivity contribution in [3.05, 3.63) is 34.9 Å². The molecule has 1 N–H and O–H groups in total. The maximum atomic E-state index is 11.4. The Balaban J connectivity index is 2.21. The zero-order valence-corrected chi connectivity index (χ0v) is 10.1. The molecule has 0 bridgehead atoms. The van der Waals surface area contributed by atoms with Crippen molar-refractivity contribution in [2.24, 2.45) is 0 Å². The first-order valence-corrected chi connectivity index (χ1v) is 5.86. The fourth-order valence-electron chi connectivity index (χ4n) is 1.99. The van der Waals surface area contributed by atoms with Crippen molar-refractivity contribution >= 4 is 17.6 Å². The molecule has 92 valence electrons. The number of ether oxygens (including phenoxy) is 1. The summed E-state index contributed by atoms with van der Waals surface area (Å²) in [7, 11) is 0. The largest absolute Gasteiger partial charge is 0.480 e. The lowest BCUT2D eigenvalue weighted by atomic mass is 10.1. The molecule has 4 nitrogen and oxygen atoms in total. The molecule has 0 spiro atoms. The van der Waals surface area contributed by atoms with Crippen LogP contribution in [-0.2, 0) is 9.53 Å². The number of carboxylic acid groups (broad SMARTS) is 1. The lowest BCUT2D eigenvalue weighted by molar-refractivity contribution is -0.145. The molecular formula is C12H14ClNO3. The van der Waals surface area contributed by atoms with Gasteiger partial charge in [-0.1, -0.05) is 23.7 Å². The first kappa shape index (κ1) is 12.4. The summed E-state index contributed by atoms with van der Waals surface area (Å²) in [5.41, 5.74) is 0.754. The second kappa shape index (κ2) is 5.49. The van der Waals surface area contributed by atoms with Gasteiger partial charge in [0.15, 0.2) is 0 Å². The van der Waals surface area contributed by atoms with Gasteiger partial charge in [-0.05, 0) is 17.7 Å². The minimum Gasteiger partial charge on any atom is -0.480 e. The van der Waals surface area contributed by atoms with E-state index in [1.54, 1.807) is 24.3 Å².